The molecule has 1 aliphatic heterocycles. The van der Waals surface area contributed by atoms with E-state index in [1.54, 1.807) is 0 Å². The maximum Gasteiger partial charge on any atom is 0.306 e. The second-order valence-corrected chi connectivity index (χ2v) is 7.45. The smallest absolute Gasteiger partial charge is 0.306 e. The molecule has 1 atom stereocenters. The minimum Gasteiger partial charge on any atom is -0.478 e. The lowest BCUT2D eigenvalue weighted by Gasteiger charge is -2.23. The molecule has 0 saturated carbocycles. The number of benzene rings is 1. The summed E-state index contributed by atoms with van der Waals surface area (Å²) in [5.41, 5.74) is 5.88. The summed E-state index contributed by atoms with van der Waals surface area (Å²) < 4.78 is 10.7. The molecule has 0 aliphatic carbocycles. The third kappa shape index (κ3) is 5.45. The van der Waals surface area contributed by atoms with E-state index >= 15 is 0 Å². The summed E-state index contributed by atoms with van der Waals surface area (Å²) in [6, 6.07) is 8.49. The van der Waals surface area contributed by atoms with Gasteiger partial charge >= 0.3 is 5.97 Å². The molecular weight excluding hydrogens is 364 g/mol. The molecule has 0 amide bonds. The number of fused-ring (bicyclic) bond motifs is 1. The lowest BCUT2D eigenvalue weighted by molar-refractivity contribution is -0.140. The fourth-order valence-corrected chi connectivity index (χ4v) is 3.76. The third-order valence-corrected chi connectivity index (χ3v) is 5.42. The number of aromatic nitrogens is 1. The zero-order chi connectivity index (χ0) is 20.6. The molecule has 1 unspecified atom stereocenters. The highest BCUT2D eigenvalue weighted by atomic mass is 16.5. The van der Waals surface area contributed by atoms with Gasteiger partial charge < -0.3 is 14.8 Å². The van der Waals surface area contributed by atoms with Gasteiger partial charge in [0.2, 0.25) is 5.88 Å². The van der Waals surface area contributed by atoms with Gasteiger partial charge in [0.25, 0.3) is 0 Å². The summed E-state index contributed by atoms with van der Waals surface area (Å²) in [5.74, 6) is 0.286. The first-order valence-corrected chi connectivity index (χ1v) is 10.2. The molecular formula is C24H30N2O3. The number of aryl methyl sites for hydroxylation is 1. The van der Waals surface area contributed by atoms with Crippen LogP contribution < -0.4 is 10.1 Å². The average Bonchev–Trinajstić information content (AvgIpc) is 2.75. The van der Waals surface area contributed by atoms with Gasteiger partial charge in [-0.1, -0.05) is 24.3 Å². The Kier molecular flexibility index (Phi) is 7.42. The van der Waals surface area contributed by atoms with Crippen molar-refractivity contribution in [3.05, 3.63) is 70.9 Å². The van der Waals surface area contributed by atoms with Crippen LogP contribution in [0.15, 0.2) is 43.1 Å². The van der Waals surface area contributed by atoms with Crippen molar-refractivity contribution in [1.82, 2.24) is 10.3 Å². The number of methoxy groups -OCH3 is 1. The molecule has 29 heavy (non-hydrogen) atoms. The highest BCUT2D eigenvalue weighted by Crippen LogP contribution is 2.33. The van der Waals surface area contributed by atoms with Gasteiger partial charge in [-0.2, -0.15) is 0 Å². The number of esters is 1. The normalized spacial score (nSPS) is 14.0. The van der Waals surface area contributed by atoms with E-state index in [9.17, 15) is 4.79 Å². The zero-order valence-electron chi connectivity index (χ0n) is 17.4. The molecule has 1 aromatic carbocycles. The summed E-state index contributed by atoms with van der Waals surface area (Å²) in [5, 5.41) is 3.42. The fraction of sp³-hybridized carbons (Fsp3) is 0.417. The van der Waals surface area contributed by atoms with Crippen LogP contribution in [0.3, 0.4) is 0 Å². The molecule has 0 radical (unpaired) electrons. The third-order valence-electron chi connectivity index (χ3n) is 5.42. The van der Waals surface area contributed by atoms with Gasteiger partial charge in [-0.25, -0.2) is 4.98 Å². The number of nitrogens with one attached hydrogen (secondary N) is 1. The molecule has 1 aliphatic rings. The summed E-state index contributed by atoms with van der Waals surface area (Å²) >= 11 is 0. The van der Waals surface area contributed by atoms with Gasteiger partial charge in [-0.15, -0.1) is 6.58 Å². The molecule has 0 spiro atoms. The number of carbonyl (C=O) groups is 1. The van der Waals surface area contributed by atoms with E-state index < -0.39 is 0 Å². The first kappa shape index (κ1) is 21.1. The summed E-state index contributed by atoms with van der Waals surface area (Å²) in [7, 11) is 1.43. The Bertz CT molecular complexity index is 863. The van der Waals surface area contributed by atoms with Crippen LogP contribution in [-0.2, 0) is 22.5 Å². The van der Waals surface area contributed by atoms with Gasteiger partial charge in [0.1, 0.15) is 0 Å². The minimum atomic E-state index is -0.227. The van der Waals surface area contributed by atoms with Crippen LogP contribution in [0.5, 0.6) is 5.88 Å². The number of nitrogens with zero attached hydrogens (tertiary/aromatic N) is 1. The highest BCUT2D eigenvalue weighted by molar-refractivity contribution is 5.71. The topological polar surface area (TPSA) is 60.5 Å². The van der Waals surface area contributed by atoms with E-state index in [4.69, 9.17) is 9.47 Å². The minimum absolute atomic E-state index is 0.100. The summed E-state index contributed by atoms with van der Waals surface area (Å²) in [6.07, 6.45) is 6.88. The number of rotatable bonds is 9. The van der Waals surface area contributed by atoms with Crippen LogP contribution in [0.25, 0.3) is 0 Å². The number of unbranched alkanes of at least 4 members (excludes halogenated alkanes) is 1. The first-order chi connectivity index (χ1) is 14.1. The van der Waals surface area contributed by atoms with E-state index in [1.165, 1.54) is 18.2 Å². The van der Waals surface area contributed by atoms with Crippen molar-refractivity contribution >= 4 is 5.97 Å². The number of hydrogen-bond acceptors (Lipinski definition) is 5. The molecule has 5 heteroatoms. The van der Waals surface area contributed by atoms with Crippen LogP contribution in [0, 0.1) is 6.92 Å². The van der Waals surface area contributed by atoms with E-state index in [0.717, 1.165) is 49.0 Å². The van der Waals surface area contributed by atoms with Crippen LogP contribution >= 0.6 is 0 Å². The van der Waals surface area contributed by atoms with E-state index in [2.05, 4.69) is 35.1 Å². The van der Waals surface area contributed by atoms with Gasteiger partial charge in [-0.05, 0) is 60.5 Å². The Labute approximate surface area is 173 Å². The number of allylic oxidation sites excluding steroid dienone is 1. The Morgan fingerprint density at radius 3 is 2.97 bits per heavy atom. The quantitative estimate of drug-likeness (QED) is 0.395. The second kappa shape index (κ2) is 10.2. The van der Waals surface area contributed by atoms with Gasteiger partial charge in [0, 0.05) is 24.7 Å². The van der Waals surface area contributed by atoms with Crippen molar-refractivity contribution in [2.45, 2.75) is 45.1 Å². The molecule has 1 N–H and O–H groups in total. The van der Waals surface area contributed by atoms with Crippen LogP contribution in [0.2, 0.25) is 0 Å². The molecule has 0 bridgehead atoms. The number of hydrogen-bond donors (Lipinski definition) is 1. The molecule has 0 saturated heterocycles. The van der Waals surface area contributed by atoms with E-state index in [1.807, 2.05) is 25.3 Å². The predicted octanol–water partition coefficient (Wildman–Crippen LogP) is 4.08. The highest BCUT2D eigenvalue weighted by Gasteiger charge is 2.23. The first-order valence-electron chi connectivity index (χ1n) is 10.2. The number of carbonyl (C=O) groups excluding carboxylic acids is 1. The van der Waals surface area contributed by atoms with Crippen LogP contribution in [-0.4, -0.2) is 31.2 Å². The molecule has 0 fully saturated rings. The maximum atomic E-state index is 12.2. The van der Waals surface area contributed by atoms with Gasteiger partial charge in [0.05, 0.1) is 20.1 Å². The Morgan fingerprint density at radius 2 is 2.21 bits per heavy atom. The molecule has 2 heterocycles. The van der Waals surface area contributed by atoms with E-state index in [0.29, 0.717) is 12.5 Å². The maximum absolute atomic E-state index is 12.2. The lowest BCUT2D eigenvalue weighted by atomic mass is 9.85. The Morgan fingerprint density at radius 1 is 1.34 bits per heavy atom. The lowest BCUT2D eigenvalue weighted by Crippen LogP contribution is -2.24. The van der Waals surface area contributed by atoms with Crippen molar-refractivity contribution < 1.29 is 14.3 Å². The predicted molar refractivity (Wildman–Crippen MR) is 114 cm³/mol. The van der Waals surface area contributed by atoms with Crippen molar-refractivity contribution in [3.63, 3.8) is 0 Å². The molecule has 5 nitrogen and oxygen atoms in total. The molecule has 2 aromatic rings. The molecule has 3 rings (SSSR count). The summed E-state index contributed by atoms with van der Waals surface area (Å²) in [6.45, 7) is 8.25. The van der Waals surface area contributed by atoms with Crippen molar-refractivity contribution in [1.29, 1.82) is 0 Å². The van der Waals surface area contributed by atoms with Gasteiger partial charge in [-0.3, -0.25) is 4.79 Å². The number of pyridine rings is 1. The second-order valence-electron chi connectivity index (χ2n) is 7.45. The Hall–Kier alpha value is -2.66. The van der Waals surface area contributed by atoms with Crippen LogP contribution in [0.4, 0.5) is 0 Å². The van der Waals surface area contributed by atoms with Crippen LogP contribution in [0.1, 0.15) is 53.0 Å². The van der Waals surface area contributed by atoms with Gasteiger partial charge in [0.15, 0.2) is 0 Å². The van der Waals surface area contributed by atoms with Crippen molar-refractivity contribution in [3.8, 4) is 5.88 Å². The van der Waals surface area contributed by atoms with Crippen molar-refractivity contribution in [2.24, 2.45) is 0 Å². The van der Waals surface area contributed by atoms with E-state index in [-0.39, 0.29) is 18.3 Å². The SMILES string of the molecule is C=CCCCOc1cc(C)c(C(CC(=O)OC)c2ccc3c(c2)CNCC3)cn1. The monoisotopic (exact) mass is 394 g/mol. The Balaban J connectivity index is 1.86. The number of ether oxygens (including phenoxy) is 2. The zero-order valence-corrected chi connectivity index (χ0v) is 17.4. The molecule has 154 valence electrons. The largest absolute Gasteiger partial charge is 0.478 e. The fourth-order valence-electron chi connectivity index (χ4n) is 3.76. The average molecular weight is 395 g/mol. The molecule has 1 aromatic heterocycles. The standard InChI is InChI=1S/C24H30N2O3/c1-4-5-6-11-29-23-12-17(2)22(16-26-23)21(14-24(27)28-3)19-8-7-18-9-10-25-15-20(18)13-19/h4,7-8,12-13,16,21,25H,1,5-6,9-11,14-15H2,2-3H3. The van der Waals surface area contributed by atoms with Crippen molar-refractivity contribution in [2.75, 3.05) is 20.3 Å². The summed E-state index contributed by atoms with van der Waals surface area (Å²) in [4.78, 5) is 16.6.